The second kappa shape index (κ2) is 17.5. The Balaban J connectivity index is 1.93. The van der Waals surface area contributed by atoms with Crippen LogP contribution in [0.5, 0.6) is 17.2 Å². The maximum atomic E-state index is 6.76. The van der Waals surface area contributed by atoms with Crippen molar-refractivity contribution in [2.75, 3.05) is 13.2 Å². The first-order valence-electron chi connectivity index (χ1n) is 14.6. The molecule has 0 radical (unpaired) electrons. The highest BCUT2D eigenvalue weighted by Gasteiger charge is 2.47. The maximum Gasteiger partial charge on any atom is 0.420 e. The molecule has 0 aliphatic rings. The fourth-order valence-electron chi connectivity index (χ4n) is 4.62. The third kappa shape index (κ3) is 10.4. The average Bonchev–Trinajstić information content (AvgIpc) is 2.95. The standard InChI is InChI=1S/C34H46O4/c1-3-5-6-7-8-12-20-30(21-19-29-35-28-4-2)34(36-31-22-13-9-14-23-31,37-32-24-15-10-16-25-32)38-33-26-17-11-18-27-33/h9-11,13-18,22-27,30H,3-8,12,19-21,28-29H2,1-2H3. The molecule has 0 aromatic heterocycles. The molecular weight excluding hydrogens is 472 g/mol. The van der Waals surface area contributed by atoms with Crippen molar-refractivity contribution in [1.82, 2.24) is 0 Å². The lowest BCUT2D eigenvalue weighted by Gasteiger charge is -2.40. The van der Waals surface area contributed by atoms with E-state index >= 15 is 0 Å². The van der Waals surface area contributed by atoms with Crippen LogP contribution in [0.4, 0.5) is 0 Å². The molecule has 4 heteroatoms. The van der Waals surface area contributed by atoms with Gasteiger partial charge in [0.1, 0.15) is 17.2 Å². The minimum absolute atomic E-state index is 0.0143. The molecule has 0 saturated carbocycles. The van der Waals surface area contributed by atoms with E-state index in [0.717, 1.165) is 62.6 Å². The molecule has 0 spiro atoms. The summed E-state index contributed by atoms with van der Waals surface area (Å²) < 4.78 is 26.1. The molecule has 0 amide bonds. The van der Waals surface area contributed by atoms with Gasteiger partial charge in [0.15, 0.2) is 0 Å². The molecule has 38 heavy (non-hydrogen) atoms. The fraction of sp³-hybridized carbons (Fsp3) is 0.471. The summed E-state index contributed by atoms with van der Waals surface area (Å²) in [6.07, 6.45) is 11.1. The van der Waals surface area contributed by atoms with Crippen LogP contribution in [0.3, 0.4) is 0 Å². The van der Waals surface area contributed by atoms with Gasteiger partial charge in [-0.1, -0.05) is 107 Å². The number of ether oxygens (including phenoxy) is 4. The fourth-order valence-corrected chi connectivity index (χ4v) is 4.62. The topological polar surface area (TPSA) is 36.9 Å². The first-order valence-corrected chi connectivity index (χ1v) is 14.6. The van der Waals surface area contributed by atoms with Crippen molar-refractivity contribution >= 4 is 0 Å². The van der Waals surface area contributed by atoms with Gasteiger partial charge in [-0.2, -0.15) is 0 Å². The Morgan fingerprint density at radius 2 is 0.947 bits per heavy atom. The molecule has 0 N–H and O–H groups in total. The highest BCUT2D eigenvalue weighted by atomic mass is 16.9. The number of hydrogen-bond donors (Lipinski definition) is 0. The molecule has 0 bridgehead atoms. The lowest BCUT2D eigenvalue weighted by Crippen LogP contribution is -2.54. The summed E-state index contributed by atoms with van der Waals surface area (Å²) in [5.74, 6) is 0.802. The summed E-state index contributed by atoms with van der Waals surface area (Å²) in [5, 5.41) is 0. The summed E-state index contributed by atoms with van der Waals surface area (Å²) in [5.41, 5.74) is 0. The summed E-state index contributed by atoms with van der Waals surface area (Å²) in [6, 6.07) is 29.6. The largest absolute Gasteiger partial charge is 0.420 e. The Morgan fingerprint density at radius 3 is 1.42 bits per heavy atom. The molecule has 0 aliphatic heterocycles. The van der Waals surface area contributed by atoms with Crippen molar-refractivity contribution in [2.24, 2.45) is 5.92 Å². The number of unbranched alkanes of at least 4 members (excludes halogenated alkanes) is 5. The normalized spacial score (nSPS) is 12.2. The van der Waals surface area contributed by atoms with Gasteiger partial charge in [0.05, 0.1) is 5.92 Å². The van der Waals surface area contributed by atoms with Crippen molar-refractivity contribution in [2.45, 2.75) is 84.0 Å². The van der Waals surface area contributed by atoms with Crippen LogP contribution in [0.25, 0.3) is 0 Å². The molecule has 1 atom stereocenters. The third-order valence-corrected chi connectivity index (χ3v) is 6.61. The van der Waals surface area contributed by atoms with E-state index in [9.17, 15) is 0 Å². The molecule has 3 aromatic rings. The van der Waals surface area contributed by atoms with Crippen molar-refractivity contribution in [3.05, 3.63) is 91.0 Å². The first kappa shape index (κ1) is 29.6. The van der Waals surface area contributed by atoms with Gasteiger partial charge in [-0.3, -0.25) is 0 Å². The lowest BCUT2D eigenvalue weighted by molar-refractivity contribution is -0.288. The van der Waals surface area contributed by atoms with Gasteiger partial charge < -0.3 is 18.9 Å². The van der Waals surface area contributed by atoms with Crippen molar-refractivity contribution < 1.29 is 18.9 Å². The van der Waals surface area contributed by atoms with E-state index in [1.807, 2.05) is 91.0 Å². The Kier molecular flexibility index (Phi) is 13.6. The minimum Gasteiger partial charge on any atom is -0.420 e. The van der Waals surface area contributed by atoms with Crippen LogP contribution < -0.4 is 14.2 Å². The Morgan fingerprint density at radius 1 is 0.500 bits per heavy atom. The van der Waals surface area contributed by atoms with Crippen LogP contribution in [-0.4, -0.2) is 19.2 Å². The van der Waals surface area contributed by atoms with Crippen LogP contribution in [0, 0.1) is 5.92 Å². The highest BCUT2D eigenvalue weighted by Crippen LogP contribution is 2.37. The number of benzene rings is 3. The van der Waals surface area contributed by atoms with E-state index in [2.05, 4.69) is 13.8 Å². The molecule has 0 saturated heterocycles. The number of hydrogen-bond acceptors (Lipinski definition) is 4. The minimum atomic E-state index is -1.34. The Hall–Kier alpha value is -2.98. The second-order valence-corrected chi connectivity index (χ2v) is 9.86. The van der Waals surface area contributed by atoms with Gasteiger partial charge in [0, 0.05) is 13.2 Å². The van der Waals surface area contributed by atoms with E-state index in [-0.39, 0.29) is 5.92 Å². The molecule has 1 unspecified atom stereocenters. The lowest BCUT2D eigenvalue weighted by atomic mass is 9.92. The first-order chi connectivity index (χ1) is 18.8. The van der Waals surface area contributed by atoms with Crippen LogP contribution in [0.1, 0.15) is 78.1 Å². The predicted octanol–water partition coefficient (Wildman–Crippen LogP) is 9.45. The van der Waals surface area contributed by atoms with Gasteiger partial charge in [-0.15, -0.1) is 0 Å². The number of para-hydroxylation sites is 3. The van der Waals surface area contributed by atoms with E-state index in [1.54, 1.807) is 0 Å². The smallest absolute Gasteiger partial charge is 0.420 e. The maximum absolute atomic E-state index is 6.76. The summed E-state index contributed by atoms with van der Waals surface area (Å²) in [4.78, 5) is 0. The molecule has 4 nitrogen and oxygen atoms in total. The van der Waals surface area contributed by atoms with Crippen molar-refractivity contribution in [3.63, 3.8) is 0 Å². The molecular formula is C34H46O4. The zero-order chi connectivity index (χ0) is 26.7. The summed E-state index contributed by atoms with van der Waals surface area (Å²) in [7, 11) is 0. The van der Waals surface area contributed by atoms with E-state index in [1.165, 1.54) is 32.1 Å². The van der Waals surface area contributed by atoms with Gasteiger partial charge in [-0.05, 0) is 62.1 Å². The molecule has 206 valence electrons. The van der Waals surface area contributed by atoms with Gasteiger partial charge in [0.2, 0.25) is 0 Å². The molecule has 3 rings (SSSR count). The van der Waals surface area contributed by atoms with Crippen LogP contribution >= 0.6 is 0 Å². The van der Waals surface area contributed by atoms with E-state index < -0.39 is 5.97 Å². The molecule has 3 aromatic carbocycles. The third-order valence-electron chi connectivity index (χ3n) is 6.61. The van der Waals surface area contributed by atoms with Crippen molar-refractivity contribution in [3.8, 4) is 17.2 Å². The number of rotatable bonds is 20. The van der Waals surface area contributed by atoms with Crippen LogP contribution in [-0.2, 0) is 4.74 Å². The molecule has 0 heterocycles. The quantitative estimate of drug-likeness (QED) is 0.110. The zero-order valence-electron chi connectivity index (χ0n) is 23.4. The van der Waals surface area contributed by atoms with Gasteiger partial charge >= 0.3 is 5.97 Å². The summed E-state index contributed by atoms with van der Waals surface area (Å²) >= 11 is 0. The SMILES string of the molecule is CCCCCCCCC(CCCOCCC)C(Oc1ccccc1)(Oc1ccccc1)Oc1ccccc1. The molecule has 0 aliphatic carbocycles. The Bertz CT molecular complexity index is 860. The zero-order valence-corrected chi connectivity index (χ0v) is 23.4. The van der Waals surface area contributed by atoms with Crippen LogP contribution in [0.2, 0.25) is 0 Å². The van der Waals surface area contributed by atoms with E-state index in [4.69, 9.17) is 18.9 Å². The predicted molar refractivity (Wildman–Crippen MR) is 156 cm³/mol. The van der Waals surface area contributed by atoms with Gasteiger partial charge in [-0.25, -0.2) is 0 Å². The van der Waals surface area contributed by atoms with Crippen molar-refractivity contribution in [1.29, 1.82) is 0 Å². The highest BCUT2D eigenvalue weighted by molar-refractivity contribution is 5.26. The van der Waals surface area contributed by atoms with Crippen LogP contribution in [0.15, 0.2) is 91.0 Å². The Labute approximate surface area is 230 Å². The average molecular weight is 519 g/mol. The monoisotopic (exact) mass is 518 g/mol. The second-order valence-electron chi connectivity index (χ2n) is 9.86. The summed E-state index contributed by atoms with van der Waals surface area (Å²) in [6.45, 7) is 5.91. The van der Waals surface area contributed by atoms with Gasteiger partial charge in [0.25, 0.3) is 0 Å². The van der Waals surface area contributed by atoms with E-state index in [0.29, 0.717) is 0 Å². The molecule has 0 fully saturated rings.